The zero-order valence-corrected chi connectivity index (χ0v) is 23.5. The van der Waals surface area contributed by atoms with Crippen LogP contribution in [0.1, 0.15) is 32.1 Å². The van der Waals surface area contributed by atoms with Gasteiger partial charge in [-0.3, -0.25) is 38.4 Å². The lowest BCUT2D eigenvalue weighted by atomic mass is 10.1. The predicted octanol–water partition coefficient (Wildman–Crippen LogP) is -7.00. The maximum absolute atomic E-state index is 12.9. The van der Waals surface area contributed by atoms with Crippen LogP contribution in [0.25, 0.3) is 0 Å². The van der Waals surface area contributed by atoms with E-state index >= 15 is 0 Å². The van der Waals surface area contributed by atoms with E-state index in [2.05, 4.69) is 0 Å². The molecule has 0 unspecified atom stereocenters. The first-order valence-electron chi connectivity index (χ1n) is 12.9. The van der Waals surface area contributed by atoms with Gasteiger partial charge in [0.25, 0.3) is 0 Å². The molecule has 5 amide bonds. The molecule has 0 aromatic heterocycles. The number of aliphatic hydroxyl groups is 3. The summed E-state index contributed by atoms with van der Waals surface area (Å²) in [6.45, 7) is -3.00. The molecule has 0 radical (unpaired) electrons. The zero-order valence-electron chi connectivity index (χ0n) is 23.5. The molecule has 0 aliphatic carbocycles. The fourth-order valence-corrected chi connectivity index (χ4v) is 3.28. The van der Waals surface area contributed by atoms with Crippen LogP contribution in [0.5, 0.6) is 0 Å². The summed E-state index contributed by atoms with van der Waals surface area (Å²) in [6.07, 6.45) is -3.83. The third-order valence-corrected chi connectivity index (χ3v) is 5.72. The van der Waals surface area contributed by atoms with Gasteiger partial charge in [0.15, 0.2) is 0 Å². The Labute approximate surface area is 253 Å². The number of carboxylic acids is 4. The van der Waals surface area contributed by atoms with Gasteiger partial charge < -0.3 is 68.1 Å². The molecule has 0 rings (SSSR count). The maximum Gasteiger partial charge on any atom is 0.326 e. The van der Waals surface area contributed by atoms with Crippen molar-refractivity contribution in [2.75, 3.05) is 19.8 Å². The van der Waals surface area contributed by atoms with Crippen LogP contribution in [-0.4, -0.2) is 145 Å². The fraction of sp³-hybridized carbons (Fsp3) is 0.609. The van der Waals surface area contributed by atoms with E-state index in [0.717, 1.165) is 0 Å². The Balaban J connectivity index is 5.84. The van der Waals surface area contributed by atoms with Crippen LogP contribution in [0, 0.1) is 0 Å². The van der Waals surface area contributed by atoms with E-state index in [1.807, 2.05) is 26.6 Å². The minimum atomic E-state index is -2.03. The van der Waals surface area contributed by atoms with Gasteiger partial charge in [-0.25, -0.2) is 4.79 Å². The largest absolute Gasteiger partial charge is 0.481 e. The Bertz CT molecular complexity index is 1120. The summed E-state index contributed by atoms with van der Waals surface area (Å²) in [5, 5.41) is 73.9. The molecule has 0 saturated heterocycles. The van der Waals surface area contributed by atoms with Crippen LogP contribution >= 0.6 is 0 Å². The van der Waals surface area contributed by atoms with Crippen LogP contribution < -0.4 is 32.3 Å². The molecule has 0 bridgehead atoms. The molecule has 0 saturated carbocycles. The summed E-state index contributed by atoms with van der Waals surface area (Å²) in [6, 6.07) is -10.7. The molecule has 22 heteroatoms. The lowest BCUT2D eigenvalue weighted by Gasteiger charge is -2.25. The van der Waals surface area contributed by atoms with Gasteiger partial charge >= 0.3 is 23.9 Å². The van der Waals surface area contributed by atoms with E-state index in [9.17, 15) is 63.6 Å². The minimum Gasteiger partial charge on any atom is -0.481 e. The maximum atomic E-state index is 12.9. The van der Waals surface area contributed by atoms with Crippen LogP contribution in [0.3, 0.4) is 0 Å². The van der Waals surface area contributed by atoms with Crippen molar-refractivity contribution in [1.82, 2.24) is 26.6 Å². The molecule has 0 aliphatic heterocycles. The van der Waals surface area contributed by atoms with Crippen molar-refractivity contribution in [1.29, 1.82) is 0 Å². The van der Waals surface area contributed by atoms with Crippen molar-refractivity contribution in [3.8, 4) is 0 Å². The van der Waals surface area contributed by atoms with E-state index in [1.165, 1.54) is 0 Å². The summed E-state index contributed by atoms with van der Waals surface area (Å²) in [5.74, 6) is -12.5. The number of aliphatic hydroxyl groups excluding tert-OH is 3. The summed E-state index contributed by atoms with van der Waals surface area (Å²) in [7, 11) is 0. The Morgan fingerprint density at radius 3 is 1.22 bits per heavy atom. The van der Waals surface area contributed by atoms with Gasteiger partial charge in [-0.2, -0.15) is 0 Å². The first-order valence-corrected chi connectivity index (χ1v) is 12.9. The molecule has 0 fully saturated rings. The standard InChI is InChI=1S/C23H36N6O16/c24-9(6-30)18(39)28-13(7-31)22(43)29-14(8-32)21(42)27-12(5-17(37)38)20(41)25-10(1-3-15(33)34)19(40)26-11(23(44)45)2-4-16(35)36/h9-14,30-32H,1-8,24H2,(H,25,41)(H,26,40)(H,27,42)(H,28,39)(H,29,43)(H,33,34)(H,35,36)(H,37,38)(H,44,45)/t9-,10-,11-,12-,13-,14-/m0/s1. The lowest BCUT2D eigenvalue weighted by molar-refractivity contribution is -0.145. The monoisotopic (exact) mass is 652 g/mol. The number of hydrogen-bond acceptors (Lipinski definition) is 13. The number of nitrogens with one attached hydrogen (secondary N) is 5. The van der Waals surface area contributed by atoms with Gasteiger partial charge in [0, 0.05) is 12.8 Å². The summed E-state index contributed by atoms with van der Waals surface area (Å²) in [5.41, 5.74) is 5.30. The Morgan fingerprint density at radius 2 is 0.822 bits per heavy atom. The van der Waals surface area contributed by atoms with E-state index in [0.29, 0.717) is 0 Å². The van der Waals surface area contributed by atoms with Gasteiger partial charge in [-0.05, 0) is 12.8 Å². The SMILES string of the molecule is N[C@@H](CO)C(=O)N[C@@H](CO)C(=O)N[C@@H](CO)C(=O)N[C@@H](CC(=O)O)C(=O)N[C@@H](CCC(=O)O)C(=O)N[C@@H](CCC(=O)O)C(=O)O. The normalized spacial score (nSPS) is 14.7. The molecule has 14 N–H and O–H groups in total. The van der Waals surface area contributed by atoms with E-state index in [-0.39, 0.29) is 0 Å². The second kappa shape index (κ2) is 20.1. The molecular weight excluding hydrogens is 616 g/mol. The van der Waals surface area contributed by atoms with Gasteiger partial charge in [-0.1, -0.05) is 0 Å². The highest BCUT2D eigenvalue weighted by Crippen LogP contribution is 2.05. The molecule has 254 valence electrons. The number of nitrogens with two attached hydrogens (primary N) is 1. The van der Waals surface area contributed by atoms with Crippen molar-refractivity contribution >= 4 is 53.4 Å². The quantitative estimate of drug-likeness (QED) is 0.0516. The lowest BCUT2D eigenvalue weighted by Crippen LogP contribution is -2.60. The third-order valence-electron chi connectivity index (χ3n) is 5.72. The molecule has 0 aromatic rings. The highest BCUT2D eigenvalue weighted by molar-refractivity contribution is 5.97. The average Bonchev–Trinajstić information content (AvgIpc) is 2.96. The molecule has 0 heterocycles. The summed E-state index contributed by atoms with van der Waals surface area (Å²) < 4.78 is 0. The second-order valence-electron chi connectivity index (χ2n) is 9.26. The number of aliphatic carboxylic acids is 4. The van der Waals surface area contributed by atoms with E-state index < -0.39 is 142 Å². The summed E-state index contributed by atoms with van der Waals surface area (Å²) in [4.78, 5) is 107. The number of carbonyl (C=O) groups excluding carboxylic acids is 5. The molecule has 0 spiro atoms. The zero-order chi connectivity index (χ0) is 34.9. The van der Waals surface area contributed by atoms with Crippen LogP contribution in [-0.2, 0) is 43.2 Å². The van der Waals surface area contributed by atoms with Crippen LogP contribution in [0.15, 0.2) is 0 Å². The van der Waals surface area contributed by atoms with Crippen molar-refractivity contribution in [3.63, 3.8) is 0 Å². The van der Waals surface area contributed by atoms with Gasteiger partial charge in [-0.15, -0.1) is 0 Å². The molecule has 6 atom stereocenters. The van der Waals surface area contributed by atoms with E-state index in [4.69, 9.17) is 21.1 Å². The Hall–Kier alpha value is -4.93. The summed E-state index contributed by atoms with van der Waals surface area (Å²) >= 11 is 0. The van der Waals surface area contributed by atoms with Crippen molar-refractivity contribution in [3.05, 3.63) is 0 Å². The van der Waals surface area contributed by atoms with Crippen LogP contribution in [0.2, 0.25) is 0 Å². The fourth-order valence-electron chi connectivity index (χ4n) is 3.28. The Kier molecular flexibility index (Phi) is 17.9. The topological polar surface area (TPSA) is 381 Å². The Morgan fingerprint density at radius 1 is 0.467 bits per heavy atom. The highest BCUT2D eigenvalue weighted by atomic mass is 16.4. The molecule has 22 nitrogen and oxygen atoms in total. The molecule has 0 aromatic carbocycles. The van der Waals surface area contributed by atoms with Gasteiger partial charge in [0.2, 0.25) is 29.5 Å². The number of rotatable bonds is 22. The van der Waals surface area contributed by atoms with Gasteiger partial charge in [0.1, 0.15) is 36.3 Å². The predicted molar refractivity (Wildman–Crippen MR) is 143 cm³/mol. The van der Waals surface area contributed by atoms with Crippen molar-refractivity contribution in [2.45, 2.75) is 68.4 Å². The second-order valence-corrected chi connectivity index (χ2v) is 9.26. The molecular formula is C23H36N6O16. The number of hydrogen-bond donors (Lipinski definition) is 13. The first-order chi connectivity index (χ1) is 21.0. The molecule has 45 heavy (non-hydrogen) atoms. The number of amides is 5. The van der Waals surface area contributed by atoms with Gasteiger partial charge in [0.05, 0.1) is 26.2 Å². The third kappa shape index (κ3) is 15.4. The van der Waals surface area contributed by atoms with Crippen LogP contribution in [0.4, 0.5) is 0 Å². The van der Waals surface area contributed by atoms with E-state index in [1.54, 1.807) is 0 Å². The minimum absolute atomic E-state index is 0.586. The van der Waals surface area contributed by atoms with Crippen molar-refractivity contribution < 1.29 is 78.9 Å². The smallest absolute Gasteiger partial charge is 0.326 e. The number of carbonyl (C=O) groups is 9. The highest BCUT2D eigenvalue weighted by Gasteiger charge is 2.33. The average molecular weight is 653 g/mol. The molecule has 0 aliphatic rings. The first kappa shape index (κ1) is 40.1. The number of carboxylic acid groups (broad SMARTS) is 4. The van der Waals surface area contributed by atoms with Crippen molar-refractivity contribution in [2.24, 2.45) is 5.73 Å².